The number of hydrogen-bond donors (Lipinski definition) is 2. The van der Waals surface area contributed by atoms with Crippen LogP contribution < -0.4 is 10.0 Å². The van der Waals surface area contributed by atoms with Gasteiger partial charge in [0, 0.05) is 32.7 Å². The molecule has 0 amide bonds. The Labute approximate surface area is 159 Å². The van der Waals surface area contributed by atoms with E-state index in [1.807, 2.05) is 0 Å². The van der Waals surface area contributed by atoms with Crippen LogP contribution in [0.3, 0.4) is 0 Å². The molecule has 2 unspecified atom stereocenters. The molecule has 1 rings (SSSR count). The minimum absolute atomic E-state index is 0. The molecular weight excluding hydrogens is 427 g/mol. The molecule has 2 atom stereocenters. The number of rotatable bonds is 7. The molecule has 1 aliphatic rings. The van der Waals surface area contributed by atoms with Gasteiger partial charge in [-0.1, -0.05) is 13.8 Å². The fraction of sp³-hybridized carbons (Fsp3) is 0.933. The van der Waals surface area contributed by atoms with Gasteiger partial charge in [0.15, 0.2) is 5.96 Å². The Morgan fingerprint density at radius 1 is 1.22 bits per heavy atom. The van der Waals surface area contributed by atoms with E-state index in [0.717, 1.165) is 25.6 Å². The Morgan fingerprint density at radius 2 is 1.83 bits per heavy atom. The van der Waals surface area contributed by atoms with Gasteiger partial charge in [0.1, 0.15) is 0 Å². The Morgan fingerprint density at radius 3 is 2.35 bits per heavy atom. The molecule has 0 saturated carbocycles. The van der Waals surface area contributed by atoms with E-state index in [0.29, 0.717) is 31.3 Å². The maximum Gasteiger partial charge on any atom is 0.211 e. The van der Waals surface area contributed by atoms with E-state index in [1.54, 1.807) is 6.92 Å². The summed E-state index contributed by atoms with van der Waals surface area (Å²) < 4.78 is 25.3. The highest BCUT2D eigenvalue weighted by Gasteiger charge is 2.23. The summed E-state index contributed by atoms with van der Waals surface area (Å²) >= 11 is 0. The first kappa shape index (κ1) is 22.9. The van der Waals surface area contributed by atoms with Crippen LogP contribution in [0.15, 0.2) is 4.99 Å². The zero-order chi connectivity index (χ0) is 16.6. The lowest BCUT2D eigenvalue weighted by molar-refractivity contribution is 0.208. The molecule has 0 radical (unpaired) electrons. The number of nitrogens with one attached hydrogen (secondary N) is 2. The summed E-state index contributed by atoms with van der Waals surface area (Å²) in [5.74, 6) is 2.45. The summed E-state index contributed by atoms with van der Waals surface area (Å²) in [6, 6.07) is 0. The summed E-state index contributed by atoms with van der Waals surface area (Å²) in [7, 11) is -3.09. The molecule has 0 aromatic carbocycles. The van der Waals surface area contributed by atoms with Gasteiger partial charge in [-0.05, 0) is 38.5 Å². The van der Waals surface area contributed by atoms with Crippen molar-refractivity contribution in [1.29, 1.82) is 0 Å². The van der Waals surface area contributed by atoms with Gasteiger partial charge in [-0.2, -0.15) is 0 Å². The van der Waals surface area contributed by atoms with E-state index in [-0.39, 0.29) is 29.7 Å². The van der Waals surface area contributed by atoms with Crippen LogP contribution in [-0.2, 0) is 10.0 Å². The Kier molecular flexibility index (Phi) is 11.4. The fourth-order valence-corrected chi connectivity index (χ4v) is 3.51. The Hall–Kier alpha value is -0.0900. The first-order chi connectivity index (χ1) is 10.4. The van der Waals surface area contributed by atoms with E-state index in [9.17, 15) is 8.42 Å². The molecule has 0 aromatic rings. The van der Waals surface area contributed by atoms with E-state index < -0.39 is 10.0 Å². The SMILES string of the molecule is CCNC(=NCCCNS(=O)(=O)CC)N1CC(C)CC(C)C1.I. The van der Waals surface area contributed by atoms with E-state index in [4.69, 9.17) is 0 Å². The monoisotopic (exact) mass is 460 g/mol. The molecular formula is C15H33IN4O2S. The van der Waals surface area contributed by atoms with Crippen LogP contribution in [0, 0.1) is 11.8 Å². The highest BCUT2D eigenvalue weighted by Crippen LogP contribution is 2.20. The zero-order valence-corrected chi connectivity index (χ0v) is 18.0. The number of nitrogens with zero attached hydrogens (tertiary/aromatic N) is 2. The van der Waals surface area contributed by atoms with Crippen LogP contribution in [0.25, 0.3) is 0 Å². The number of halogens is 1. The number of sulfonamides is 1. The number of piperidine rings is 1. The third kappa shape index (κ3) is 9.09. The van der Waals surface area contributed by atoms with Gasteiger partial charge < -0.3 is 10.2 Å². The van der Waals surface area contributed by atoms with Gasteiger partial charge in [-0.25, -0.2) is 13.1 Å². The van der Waals surface area contributed by atoms with Crippen LogP contribution in [0.1, 0.15) is 40.5 Å². The molecule has 0 spiro atoms. The van der Waals surface area contributed by atoms with Crippen molar-refractivity contribution in [3.63, 3.8) is 0 Å². The number of likely N-dealkylation sites (tertiary alicyclic amines) is 1. The van der Waals surface area contributed by atoms with Crippen LogP contribution in [0.2, 0.25) is 0 Å². The molecule has 1 fully saturated rings. The van der Waals surface area contributed by atoms with Gasteiger partial charge in [0.25, 0.3) is 0 Å². The van der Waals surface area contributed by atoms with Crippen molar-refractivity contribution in [2.75, 3.05) is 38.5 Å². The van der Waals surface area contributed by atoms with Crippen LogP contribution in [0.5, 0.6) is 0 Å². The summed E-state index contributed by atoms with van der Waals surface area (Å²) in [5, 5.41) is 3.35. The average molecular weight is 460 g/mol. The zero-order valence-electron chi connectivity index (χ0n) is 14.8. The number of guanidine groups is 1. The van der Waals surface area contributed by atoms with Crippen LogP contribution in [-0.4, -0.2) is 57.8 Å². The Balaban J connectivity index is 0.00000484. The van der Waals surface area contributed by atoms with Crippen molar-refractivity contribution in [2.24, 2.45) is 16.8 Å². The molecule has 8 heteroatoms. The maximum absolute atomic E-state index is 11.4. The normalized spacial score (nSPS) is 22.6. The molecule has 0 aliphatic carbocycles. The van der Waals surface area contributed by atoms with Crippen LogP contribution in [0.4, 0.5) is 0 Å². The number of hydrogen-bond acceptors (Lipinski definition) is 3. The third-order valence-corrected chi connectivity index (χ3v) is 5.21. The second-order valence-corrected chi connectivity index (χ2v) is 8.33. The van der Waals surface area contributed by atoms with E-state index in [2.05, 4.69) is 40.7 Å². The summed E-state index contributed by atoms with van der Waals surface area (Å²) in [4.78, 5) is 6.98. The largest absolute Gasteiger partial charge is 0.357 e. The highest BCUT2D eigenvalue weighted by molar-refractivity contribution is 14.0. The predicted octanol–water partition coefficient (Wildman–Crippen LogP) is 1.88. The molecule has 1 saturated heterocycles. The van der Waals surface area contributed by atoms with Crippen molar-refractivity contribution >= 4 is 40.0 Å². The van der Waals surface area contributed by atoms with Crippen molar-refractivity contribution < 1.29 is 8.42 Å². The van der Waals surface area contributed by atoms with Crippen molar-refractivity contribution in [3.05, 3.63) is 0 Å². The minimum Gasteiger partial charge on any atom is -0.357 e. The lowest BCUT2D eigenvalue weighted by atomic mass is 9.92. The topological polar surface area (TPSA) is 73.8 Å². The lowest BCUT2D eigenvalue weighted by Gasteiger charge is -2.37. The molecule has 1 aliphatic heterocycles. The molecule has 6 nitrogen and oxygen atoms in total. The maximum atomic E-state index is 11.4. The van der Waals surface area contributed by atoms with Gasteiger partial charge in [0.05, 0.1) is 5.75 Å². The summed E-state index contributed by atoms with van der Waals surface area (Å²) in [5.41, 5.74) is 0. The standard InChI is InChI=1S/C15H32N4O2S.HI/c1-5-16-15(19-11-13(3)10-14(4)12-19)17-8-7-9-18-22(20,21)6-2;/h13-14,18H,5-12H2,1-4H3,(H,16,17);1H. The molecule has 1 heterocycles. The second-order valence-electron chi connectivity index (χ2n) is 6.24. The molecule has 23 heavy (non-hydrogen) atoms. The number of aliphatic imine (C=N–C) groups is 1. The van der Waals surface area contributed by atoms with Crippen LogP contribution >= 0.6 is 24.0 Å². The summed E-state index contributed by atoms with van der Waals surface area (Å²) in [6.07, 6.45) is 1.99. The molecule has 2 N–H and O–H groups in total. The molecule has 0 bridgehead atoms. The van der Waals surface area contributed by atoms with Gasteiger partial charge >= 0.3 is 0 Å². The van der Waals surface area contributed by atoms with Crippen molar-refractivity contribution in [1.82, 2.24) is 14.9 Å². The minimum atomic E-state index is -3.09. The first-order valence-corrected chi connectivity index (χ1v) is 10.0. The predicted molar refractivity (Wildman–Crippen MR) is 108 cm³/mol. The molecule has 0 aromatic heterocycles. The second kappa shape index (κ2) is 11.5. The van der Waals surface area contributed by atoms with E-state index >= 15 is 0 Å². The van der Waals surface area contributed by atoms with Gasteiger partial charge in [-0.3, -0.25) is 4.99 Å². The van der Waals surface area contributed by atoms with Gasteiger partial charge in [-0.15, -0.1) is 24.0 Å². The van der Waals surface area contributed by atoms with Crippen molar-refractivity contribution in [2.45, 2.75) is 40.5 Å². The lowest BCUT2D eigenvalue weighted by Crippen LogP contribution is -2.48. The smallest absolute Gasteiger partial charge is 0.211 e. The average Bonchev–Trinajstić information content (AvgIpc) is 2.44. The van der Waals surface area contributed by atoms with E-state index in [1.165, 1.54) is 6.42 Å². The summed E-state index contributed by atoms with van der Waals surface area (Å²) in [6.45, 7) is 12.3. The fourth-order valence-electron chi connectivity index (χ4n) is 2.86. The Bertz CT molecular complexity index is 446. The first-order valence-electron chi connectivity index (χ1n) is 8.38. The highest BCUT2D eigenvalue weighted by atomic mass is 127. The van der Waals surface area contributed by atoms with Gasteiger partial charge in [0.2, 0.25) is 10.0 Å². The van der Waals surface area contributed by atoms with Crippen molar-refractivity contribution in [3.8, 4) is 0 Å². The molecule has 138 valence electrons. The third-order valence-electron chi connectivity index (χ3n) is 3.80. The quantitative estimate of drug-likeness (QED) is 0.263.